The van der Waals surface area contributed by atoms with Gasteiger partial charge in [-0.3, -0.25) is 0 Å². The van der Waals surface area contributed by atoms with Gasteiger partial charge in [-0.05, 0) is 0 Å². The van der Waals surface area contributed by atoms with Crippen LogP contribution in [0.5, 0.6) is 0 Å². The van der Waals surface area contributed by atoms with Crippen molar-refractivity contribution < 1.29 is 8.20 Å². The number of rotatable bonds is 6. The summed E-state index contributed by atoms with van der Waals surface area (Å²) >= 11 is -5.28. The van der Waals surface area contributed by atoms with Crippen LogP contribution < -0.4 is 14.0 Å². The van der Waals surface area contributed by atoms with E-state index in [1.165, 1.54) is 0 Å². The molecule has 0 fully saturated rings. The molecule has 0 saturated carbocycles. The van der Waals surface area contributed by atoms with Crippen molar-refractivity contribution >= 4 is 31.9 Å². The molecule has 4 rings (SSSR count). The molecular weight excluding hydrogens is 472 g/mol. The minimum atomic E-state index is -5.28. The van der Waals surface area contributed by atoms with Gasteiger partial charge in [-0.15, -0.1) is 0 Å². The van der Waals surface area contributed by atoms with Gasteiger partial charge in [-0.2, -0.15) is 0 Å². The fourth-order valence-corrected chi connectivity index (χ4v) is 19.5. The van der Waals surface area contributed by atoms with Gasteiger partial charge in [0, 0.05) is 0 Å². The van der Waals surface area contributed by atoms with E-state index in [9.17, 15) is 10.1 Å². The molecule has 0 spiro atoms. The van der Waals surface area contributed by atoms with E-state index in [0.29, 0.717) is 0 Å². The van der Waals surface area contributed by atoms with Crippen molar-refractivity contribution in [3.63, 3.8) is 0 Å². The predicted octanol–water partition coefficient (Wildman–Crippen LogP) is 2.72. The van der Waals surface area contributed by atoms with Crippen LogP contribution in [0.1, 0.15) is 0 Å². The molecule has 0 radical (unpaired) electrons. The molecule has 144 valence electrons. The van der Waals surface area contributed by atoms with Gasteiger partial charge in [0.15, 0.2) is 0 Å². The molecule has 0 amide bonds. The molecule has 0 N–H and O–H groups in total. The van der Waals surface area contributed by atoms with Crippen LogP contribution in [0, 0.1) is 10.1 Å². The topological polar surface area (TPSA) is 52.4 Å². The van der Waals surface area contributed by atoms with Gasteiger partial charge in [0.1, 0.15) is 0 Å². The molecule has 0 atom stereocenters. The normalized spacial score (nSPS) is 12.5. The third-order valence-corrected chi connectivity index (χ3v) is 21.2. The van der Waals surface area contributed by atoms with Gasteiger partial charge in [0.25, 0.3) is 0 Å². The van der Waals surface area contributed by atoms with Gasteiger partial charge in [-0.25, -0.2) is 0 Å². The Kier molecular flexibility index (Phi) is 5.12. The van der Waals surface area contributed by atoms with E-state index < -0.39 is 22.9 Å². The summed E-state index contributed by atoms with van der Waals surface area (Å²) in [5.41, 5.74) is 0. The van der Waals surface area contributed by atoms with Crippen molar-refractivity contribution in [3.8, 4) is 0 Å². The summed E-state index contributed by atoms with van der Waals surface area (Å²) in [7, 11) is 0. The Labute approximate surface area is 171 Å². The van der Waals surface area contributed by atoms with E-state index in [4.69, 9.17) is 3.12 Å². The molecule has 5 heteroatoms. The number of nitrogens with zero attached hydrogens (tertiary/aromatic N) is 1. The first-order chi connectivity index (χ1) is 14.2. The molecule has 29 heavy (non-hydrogen) atoms. The zero-order valence-electron chi connectivity index (χ0n) is 15.7. The molecule has 0 bridgehead atoms. The molecule has 0 aliphatic heterocycles. The fourth-order valence-electron chi connectivity index (χ4n) is 4.07. The van der Waals surface area contributed by atoms with Crippen LogP contribution in [0.25, 0.3) is 0 Å². The monoisotopic (exact) mass is 491 g/mol. The summed E-state index contributed by atoms with van der Waals surface area (Å²) in [6.07, 6.45) is 0. The van der Waals surface area contributed by atoms with Gasteiger partial charge < -0.3 is 0 Å². The van der Waals surface area contributed by atoms with Gasteiger partial charge in [-0.1, -0.05) is 0 Å². The molecule has 0 aliphatic rings. The summed E-state index contributed by atoms with van der Waals surface area (Å²) < 4.78 is 9.48. The average molecular weight is 492 g/mol. The molecule has 0 heterocycles. The van der Waals surface area contributed by atoms with E-state index >= 15 is 0 Å². The van der Waals surface area contributed by atoms with Crippen molar-refractivity contribution in [2.75, 3.05) is 0 Å². The van der Waals surface area contributed by atoms with Crippen molar-refractivity contribution in [1.29, 1.82) is 0 Å². The Morgan fingerprint density at radius 3 is 0.966 bits per heavy atom. The Morgan fingerprint density at radius 1 is 0.517 bits per heavy atom. The molecule has 4 aromatic rings. The standard InChI is InChI=1S/4C6H5.NO3.Sb/c4*1-2-4-6-5-3-1;2-1(3)4;/h4*1-5H;;/q;;;;-1;+1. The molecule has 4 aromatic carbocycles. The van der Waals surface area contributed by atoms with Crippen LogP contribution in [-0.4, -0.2) is 22.9 Å². The van der Waals surface area contributed by atoms with Crippen LogP contribution in [-0.2, 0) is 3.12 Å². The maximum atomic E-state index is 12.1. The average Bonchev–Trinajstić information content (AvgIpc) is 2.80. The van der Waals surface area contributed by atoms with Gasteiger partial charge >= 0.3 is 172 Å². The summed E-state index contributed by atoms with van der Waals surface area (Å²) in [4.78, 5) is 12.1. The van der Waals surface area contributed by atoms with Crippen molar-refractivity contribution in [3.05, 3.63) is 131 Å². The maximum absolute atomic E-state index is 12.1. The summed E-state index contributed by atoms with van der Waals surface area (Å²) in [5.74, 6) is 0. The summed E-state index contributed by atoms with van der Waals surface area (Å²) in [6, 6.07) is 38.6. The molecule has 0 unspecified atom stereocenters. The van der Waals surface area contributed by atoms with Crippen LogP contribution in [0.2, 0.25) is 0 Å². The number of hydrogen-bond acceptors (Lipinski definition) is 3. The second-order valence-electron chi connectivity index (χ2n) is 6.68. The Morgan fingerprint density at radius 2 is 0.759 bits per heavy atom. The van der Waals surface area contributed by atoms with Crippen molar-refractivity contribution in [1.82, 2.24) is 0 Å². The third kappa shape index (κ3) is 2.92. The van der Waals surface area contributed by atoms with Crippen molar-refractivity contribution in [2.45, 2.75) is 0 Å². The van der Waals surface area contributed by atoms with Gasteiger partial charge in [0.05, 0.1) is 0 Å². The van der Waals surface area contributed by atoms with Crippen LogP contribution in [0.4, 0.5) is 0 Å². The van der Waals surface area contributed by atoms with Crippen LogP contribution in [0.15, 0.2) is 121 Å². The van der Waals surface area contributed by atoms with Crippen LogP contribution >= 0.6 is 0 Å². The molecule has 4 nitrogen and oxygen atoms in total. The van der Waals surface area contributed by atoms with E-state index in [2.05, 4.69) is 0 Å². The predicted molar refractivity (Wildman–Crippen MR) is 118 cm³/mol. The van der Waals surface area contributed by atoms with Crippen LogP contribution in [0.3, 0.4) is 0 Å². The molecule has 0 aromatic heterocycles. The Hall–Kier alpha value is -3.10. The first-order valence-corrected chi connectivity index (χ1v) is 15.4. The molecule has 0 aliphatic carbocycles. The quantitative estimate of drug-likeness (QED) is 0.237. The van der Waals surface area contributed by atoms with E-state index in [0.717, 1.165) is 14.0 Å². The number of benzene rings is 4. The third-order valence-electron chi connectivity index (χ3n) is 5.23. The summed E-state index contributed by atoms with van der Waals surface area (Å²) in [5, 5.41) is 11.5. The van der Waals surface area contributed by atoms with E-state index in [-0.39, 0.29) is 0 Å². The minimum absolute atomic E-state index is 0.609. The van der Waals surface area contributed by atoms with E-state index in [1.807, 2.05) is 121 Å². The Balaban J connectivity index is 2.31. The number of hydrogen-bond donors (Lipinski definition) is 0. The molecular formula is C24H20NO3Sb. The first-order valence-electron chi connectivity index (χ1n) is 9.27. The fraction of sp³-hybridized carbons (Fsp3) is 0. The summed E-state index contributed by atoms with van der Waals surface area (Å²) in [6.45, 7) is 0. The van der Waals surface area contributed by atoms with Gasteiger partial charge in [0.2, 0.25) is 0 Å². The zero-order valence-corrected chi connectivity index (χ0v) is 18.2. The van der Waals surface area contributed by atoms with Crippen molar-refractivity contribution in [2.24, 2.45) is 0 Å². The second-order valence-corrected chi connectivity index (χ2v) is 19.0. The van der Waals surface area contributed by atoms with E-state index in [1.54, 1.807) is 0 Å². The Bertz CT molecular complexity index is 934. The first kappa shape index (κ1) is 19.2. The molecule has 0 saturated heterocycles. The zero-order chi connectivity index (χ0) is 20.2. The SMILES string of the molecule is O=[N+]([O-])[O][Sb]([c]1ccccc1)([c]1ccccc1)([c]1ccccc1)[c]1ccccc1. The second kappa shape index (κ2) is 7.73.